The quantitative estimate of drug-likeness (QED) is 0.0680. The second-order valence-corrected chi connectivity index (χ2v) is 16.2. The first-order valence-electron chi connectivity index (χ1n) is 19.6. The Kier molecular flexibility index (Phi) is 17.9. The number of methoxy groups -OCH3 is 1. The van der Waals surface area contributed by atoms with Crippen LogP contribution in [-0.2, 0) is 66.6 Å². The number of esters is 1. The lowest BCUT2D eigenvalue weighted by Gasteiger charge is -2.50. The normalized spacial score (nSPS) is 41.4. The van der Waals surface area contributed by atoms with Crippen LogP contribution in [0, 0.1) is 0 Å². The molecule has 20 unspecified atom stereocenters. The van der Waals surface area contributed by atoms with Crippen molar-refractivity contribution in [2.24, 2.45) is 0 Å². The van der Waals surface area contributed by atoms with Gasteiger partial charge in [0.05, 0.1) is 31.3 Å². The number of aliphatic carboxylic acids is 1. The highest BCUT2D eigenvalue weighted by Gasteiger charge is 2.56. The molecule has 4 fully saturated rings. The number of aliphatic hydroxyl groups is 8. The smallest absolute Gasteiger partial charge is 0.325 e. The van der Waals surface area contributed by atoms with Crippen molar-refractivity contribution in [3.05, 3.63) is 0 Å². The zero-order valence-electron chi connectivity index (χ0n) is 34.9. The molecule has 3 amide bonds. The van der Waals surface area contributed by atoms with Gasteiger partial charge in [-0.15, -0.1) is 0 Å². The first-order chi connectivity index (χ1) is 28.9. The summed E-state index contributed by atoms with van der Waals surface area (Å²) >= 11 is 0. The molecule has 0 spiro atoms. The third-order valence-corrected chi connectivity index (χ3v) is 10.3. The van der Waals surface area contributed by atoms with Gasteiger partial charge in [-0.05, 0) is 27.7 Å². The molecule has 356 valence electrons. The average Bonchev–Trinajstić information content (AvgIpc) is 3.18. The molecule has 62 heavy (non-hydrogen) atoms. The van der Waals surface area contributed by atoms with Crippen LogP contribution in [0.4, 0.5) is 0 Å². The molecular weight excluding hydrogens is 842 g/mol. The summed E-state index contributed by atoms with van der Waals surface area (Å²) in [5, 5.41) is 107. The highest BCUT2D eigenvalue weighted by Crippen LogP contribution is 2.35. The molecule has 0 aromatic heterocycles. The maximum Gasteiger partial charge on any atom is 0.325 e. The van der Waals surface area contributed by atoms with Crippen LogP contribution in [0.1, 0.15) is 41.5 Å². The number of carboxylic acid groups (broad SMARTS) is 1. The Morgan fingerprint density at radius 2 is 1.10 bits per heavy atom. The van der Waals surface area contributed by atoms with Gasteiger partial charge in [0.15, 0.2) is 25.0 Å². The van der Waals surface area contributed by atoms with E-state index < -0.39 is 178 Å². The highest BCUT2D eigenvalue weighted by molar-refractivity contribution is 5.85. The van der Waals surface area contributed by atoms with Gasteiger partial charge in [-0.25, -0.2) is 0 Å². The van der Waals surface area contributed by atoms with Crippen molar-refractivity contribution in [1.29, 1.82) is 0 Å². The molecule has 4 aliphatic heterocycles. The van der Waals surface area contributed by atoms with Crippen molar-refractivity contribution in [3.8, 4) is 0 Å². The summed E-state index contributed by atoms with van der Waals surface area (Å²) in [6, 6.07) is -2.94. The summed E-state index contributed by atoms with van der Waals surface area (Å²) in [5.74, 6) is -5.39. The molecule has 0 bridgehead atoms. The van der Waals surface area contributed by atoms with Gasteiger partial charge in [-0.2, -0.15) is 0 Å². The monoisotopic (exact) mass is 900 g/mol. The first kappa shape index (κ1) is 51.3. The predicted molar refractivity (Wildman–Crippen MR) is 195 cm³/mol. The molecule has 4 rings (SSSR count). The lowest BCUT2D eigenvalue weighted by atomic mass is 9.92. The number of aliphatic hydroxyl groups excluding tert-OH is 8. The minimum absolute atomic E-state index is 0.602. The van der Waals surface area contributed by atoms with Gasteiger partial charge in [-0.1, -0.05) is 0 Å². The molecule has 0 aromatic rings. The van der Waals surface area contributed by atoms with Gasteiger partial charge in [0.2, 0.25) is 11.8 Å². The predicted octanol–water partition coefficient (Wildman–Crippen LogP) is -8.51. The molecule has 4 aliphatic rings. The number of hydrogen-bond acceptors (Lipinski definition) is 23. The SMILES string of the molecule is COC1C(C(=O)NCC(=O)OC(C)(C)C)OC(OC2C(O)C(CO)OC(OC3C(C(=O)[O-])OC(OC4C(O)C(CO)OC(C)C4NC(C)=O)C(O)C3O)C2NC(C)=O)C(O)C1O. The first-order valence-corrected chi connectivity index (χ1v) is 19.6. The topological polar surface area (TPSA) is 389 Å². The van der Waals surface area contributed by atoms with Gasteiger partial charge >= 0.3 is 5.97 Å². The number of nitrogens with one attached hydrogen (secondary N) is 3. The number of carbonyl (C=O) groups excluding carboxylic acids is 5. The lowest BCUT2D eigenvalue weighted by molar-refractivity contribution is -0.382. The van der Waals surface area contributed by atoms with E-state index in [0.29, 0.717) is 0 Å². The van der Waals surface area contributed by atoms with Crippen LogP contribution < -0.4 is 21.1 Å². The van der Waals surface area contributed by atoms with Crippen LogP contribution in [-0.4, -0.2) is 225 Å². The zero-order chi connectivity index (χ0) is 46.5. The number of rotatable bonds is 15. The third kappa shape index (κ3) is 12.1. The fourth-order valence-electron chi connectivity index (χ4n) is 7.43. The van der Waals surface area contributed by atoms with Crippen molar-refractivity contribution in [2.75, 3.05) is 26.9 Å². The standard InChI is InChI=1S/C36H59N3O23/c1-11-17(38-12(2)42)25(19(45)14(9-40)55-11)57-35-24(50)22(48)28(30(61-35)32(52)53)59-33-18(39-13(3)43)26(20(46)15(10-41)56-33)58-34-23(49)21(47)27(54-7)29(60-34)31(51)37-8-16(44)62-36(4,5)6/h11,14-15,17-30,33-35,40-41,45-50H,8-10H2,1-7H3,(H,37,51)(H,38,42)(H,39,43)(H,52,53)/p-1. The summed E-state index contributed by atoms with van der Waals surface area (Å²) < 4.78 is 50.2. The molecule has 4 saturated heterocycles. The van der Waals surface area contributed by atoms with Crippen molar-refractivity contribution >= 4 is 29.7 Å². The molecule has 0 saturated carbocycles. The summed E-state index contributed by atoms with van der Waals surface area (Å²) in [6.45, 7) is 6.02. The summed E-state index contributed by atoms with van der Waals surface area (Å²) in [7, 11) is 1.08. The van der Waals surface area contributed by atoms with E-state index in [1.54, 1.807) is 20.8 Å². The molecule has 0 aliphatic carbocycles. The van der Waals surface area contributed by atoms with Gasteiger partial charge in [-0.3, -0.25) is 19.2 Å². The molecule has 20 atom stereocenters. The van der Waals surface area contributed by atoms with Crippen molar-refractivity contribution in [3.63, 3.8) is 0 Å². The van der Waals surface area contributed by atoms with E-state index in [2.05, 4.69) is 16.0 Å². The summed E-state index contributed by atoms with van der Waals surface area (Å²) in [4.78, 5) is 62.6. The second-order valence-electron chi connectivity index (χ2n) is 16.2. The molecular formula is C36H58N3O23-. The zero-order valence-corrected chi connectivity index (χ0v) is 34.9. The van der Waals surface area contributed by atoms with E-state index in [1.807, 2.05) is 0 Å². The van der Waals surface area contributed by atoms with Gasteiger partial charge in [0.25, 0.3) is 5.91 Å². The van der Waals surface area contributed by atoms with Crippen LogP contribution in [0.15, 0.2) is 0 Å². The largest absolute Gasteiger partial charge is 0.547 e. The second kappa shape index (κ2) is 21.6. The number of carboxylic acids is 1. The van der Waals surface area contributed by atoms with E-state index in [1.165, 1.54) is 6.92 Å². The van der Waals surface area contributed by atoms with E-state index >= 15 is 0 Å². The molecule has 0 radical (unpaired) electrons. The molecule has 26 nitrogen and oxygen atoms in total. The fraction of sp³-hybridized carbons (Fsp3) is 0.861. The number of hydrogen-bond donors (Lipinski definition) is 11. The Hall–Kier alpha value is -3.29. The third-order valence-electron chi connectivity index (χ3n) is 10.3. The van der Waals surface area contributed by atoms with Crippen LogP contribution >= 0.6 is 0 Å². The van der Waals surface area contributed by atoms with Crippen molar-refractivity contribution < 1.29 is 113 Å². The summed E-state index contributed by atoms with van der Waals surface area (Å²) in [6.07, 6.45) is -33.5. The Balaban J connectivity index is 1.60. The maximum absolute atomic E-state index is 13.3. The van der Waals surface area contributed by atoms with Gasteiger partial charge < -0.3 is 109 Å². The Morgan fingerprint density at radius 1 is 0.629 bits per heavy atom. The van der Waals surface area contributed by atoms with Gasteiger partial charge in [0, 0.05) is 21.0 Å². The van der Waals surface area contributed by atoms with Crippen LogP contribution in [0.25, 0.3) is 0 Å². The molecule has 11 N–H and O–H groups in total. The molecule has 26 heteroatoms. The lowest BCUT2D eigenvalue weighted by Crippen LogP contribution is -2.71. The molecule has 4 heterocycles. The van der Waals surface area contributed by atoms with E-state index in [0.717, 1.165) is 21.0 Å². The average molecular weight is 901 g/mol. The Labute approximate surface area is 354 Å². The van der Waals surface area contributed by atoms with Crippen LogP contribution in [0.5, 0.6) is 0 Å². The van der Waals surface area contributed by atoms with Crippen LogP contribution in [0.3, 0.4) is 0 Å². The number of ether oxygens (including phenoxy) is 9. The van der Waals surface area contributed by atoms with E-state index in [4.69, 9.17) is 42.6 Å². The Bertz CT molecular complexity index is 1550. The van der Waals surface area contributed by atoms with Crippen molar-refractivity contribution in [2.45, 2.75) is 170 Å². The number of amides is 3. The van der Waals surface area contributed by atoms with E-state index in [-0.39, 0.29) is 0 Å². The minimum Gasteiger partial charge on any atom is -0.547 e. The van der Waals surface area contributed by atoms with E-state index in [9.17, 15) is 69.9 Å². The Morgan fingerprint density at radius 3 is 1.58 bits per heavy atom. The number of carbonyl (C=O) groups is 5. The highest BCUT2D eigenvalue weighted by atomic mass is 16.8. The van der Waals surface area contributed by atoms with Gasteiger partial charge in [0.1, 0.15) is 97.5 Å². The molecule has 0 aromatic carbocycles. The maximum atomic E-state index is 13.3. The van der Waals surface area contributed by atoms with Crippen LogP contribution in [0.2, 0.25) is 0 Å². The fourth-order valence-corrected chi connectivity index (χ4v) is 7.43. The van der Waals surface area contributed by atoms with Crippen molar-refractivity contribution in [1.82, 2.24) is 16.0 Å². The minimum atomic E-state index is -2.36. The summed E-state index contributed by atoms with van der Waals surface area (Å²) in [5.41, 5.74) is -0.899.